The normalized spacial score (nSPS) is 10.7. The zero-order valence-electron chi connectivity index (χ0n) is 7.35. The average Bonchev–Trinajstić information content (AvgIpc) is 2.60. The van der Waals surface area contributed by atoms with Crippen molar-refractivity contribution in [1.82, 2.24) is 10.2 Å². The summed E-state index contributed by atoms with van der Waals surface area (Å²) < 4.78 is 0.994. The minimum absolute atomic E-state index is 0.730. The summed E-state index contributed by atoms with van der Waals surface area (Å²) in [6.45, 7) is 3.70. The van der Waals surface area contributed by atoms with E-state index in [2.05, 4.69) is 32.7 Å². The number of aromatic amines is 1. The van der Waals surface area contributed by atoms with Crippen molar-refractivity contribution in [2.75, 3.05) is 0 Å². The molecular formula is C10H8BrClN2. The van der Waals surface area contributed by atoms with Crippen molar-refractivity contribution in [3.05, 3.63) is 40.0 Å². The maximum atomic E-state index is 6.12. The van der Waals surface area contributed by atoms with E-state index in [-0.39, 0.29) is 0 Å². The van der Waals surface area contributed by atoms with E-state index in [4.69, 9.17) is 11.6 Å². The maximum Gasteiger partial charge on any atom is 0.0676 e. The molecule has 2 rings (SSSR count). The van der Waals surface area contributed by atoms with Crippen LogP contribution in [0.25, 0.3) is 10.9 Å². The van der Waals surface area contributed by atoms with Crippen LogP contribution in [-0.4, -0.2) is 10.2 Å². The third kappa shape index (κ3) is 1.47. The van der Waals surface area contributed by atoms with Gasteiger partial charge in [-0.05, 0) is 34.0 Å². The highest BCUT2D eigenvalue weighted by Crippen LogP contribution is 2.32. The van der Waals surface area contributed by atoms with E-state index in [9.17, 15) is 0 Å². The molecule has 0 aliphatic rings. The van der Waals surface area contributed by atoms with E-state index in [1.807, 2.05) is 12.1 Å². The van der Waals surface area contributed by atoms with E-state index in [1.54, 1.807) is 6.20 Å². The molecule has 0 amide bonds. The Morgan fingerprint density at radius 3 is 3.14 bits per heavy atom. The van der Waals surface area contributed by atoms with Gasteiger partial charge >= 0.3 is 0 Å². The monoisotopic (exact) mass is 270 g/mol. The molecule has 1 aromatic carbocycles. The largest absolute Gasteiger partial charge is 0.278 e. The van der Waals surface area contributed by atoms with Crippen molar-refractivity contribution < 1.29 is 0 Å². The third-order valence-corrected chi connectivity index (χ3v) is 3.32. The van der Waals surface area contributed by atoms with Crippen LogP contribution in [0.3, 0.4) is 0 Å². The second-order valence-electron chi connectivity index (χ2n) is 2.97. The first-order valence-electron chi connectivity index (χ1n) is 4.15. The van der Waals surface area contributed by atoms with Gasteiger partial charge in [0.15, 0.2) is 0 Å². The molecule has 0 aliphatic heterocycles. The van der Waals surface area contributed by atoms with Crippen molar-refractivity contribution in [2.45, 2.75) is 6.42 Å². The summed E-state index contributed by atoms with van der Waals surface area (Å²) >= 11 is 9.64. The van der Waals surface area contributed by atoms with Gasteiger partial charge in [0.1, 0.15) is 0 Å². The molecule has 72 valence electrons. The summed E-state index contributed by atoms with van der Waals surface area (Å²) in [6.07, 6.45) is 4.36. The summed E-state index contributed by atoms with van der Waals surface area (Å²) in [4.78, 5) is 0. The molecule has 0 saturated heterocycles. The molecule has 0 unspecified atom stereocenters. The van der Waals surface area contributed by atoms with Crippen LogP contribution < -0.4 is 0 Å². The first-order valence-corrected chi connectivity index (χ1v) is 5.32. The summed E-state index contributed by atoms with van der Waals surface area (Å²) in [7, 11) is 0. The zero-order chi connectivity index (χ0) is 10.1. The number of hydrogen-bond acceptors (Lipinski definition) is 1. The number of nitrogens with zero attached hydrogens (tertiary/aromatic N) is 1. The molecule has 1 N–H and O–H groups in total. The molecule has 0 atom stereocenters. The number of halogens is 2. The number of nitrogens with one attached hydrogen (secondary N) is 1. The second-order valence-corrected chi connectivity index (χ2v) is 4.18. The average molecular weight is 272 g/mol. The molecule has 14 heavy (non-hydrogen) atoms. The van der Waals surface area contributed by atoms with Gasteiger partial charge in [-0.3, -0.25) is 5.10 Å². The predicted octanol–water partition coefficient (Wildman–Crippen LogP) is 3.71. The molecule has 1 heterocycles. The van der Waals surface area contributed by atoms with Crippen LogP contribution in [-0.2, 0) is 6.42 Å². The van der Waals surface area contributed by atoms with Crippen LogP contribution >= 0.6 is 27.5 Å². The van der Waals surface area contributed by atoms with Crippen LogP contribution in [0.4, 0.5) is 0 Å². The van der Waals surface area contributed by atoms with Gasteiger partial charge in [-0.15, -0.1) is 6.58 Å². The highest BCUT2D eigenvalue weighted by atomic mass is 79.9. The summed E-state index contributed by atoms with van der Waals surface area (Å²) in [6, 6.07) is 1.88. The van der Waals surface area contributed by atoms with Gasteiger partial charge in [-0.2, -0.15) is 5.10 Å². The Labute approximate surface area is 95.1 Å². The van der Waals surface area contributed by atoms with Gasteiger partial charge in [0.05, 0.1) is 11.7 Å². The molecule has 2 aromatic rings. The Hall–Kier alpha value is -0.800. The smallest absolute Gasteiger partial charge is 0.0676 e. The lowest BCUT2D eigenvalue weighted by Crippen LogP contribution is -1.86. The number of hydrogen-bond donors (Lipinski definition) is 1. The van der Waals surface area contributed by atoms with Crippen LogP contribution in [0.1, 0.15) is 5.56 Å². The van der Waals surface area contributed by atoms with E-state index < -0.39 is 0 Å². The van der Waals surface area contributed by atoms with Gasteiger partial charge in [-0.1, -0.05) is 17.7 Å². The zero-order valence-corrected chi connectivity index (χ0v) is 9.69. The first-order chi connectivity index (χ1) is 6.74. The molecule has 4 heteroatoms. The minimum atomic E-state index is 0.730. The molecule has 0 radical (unpaired) electrons. The molecular weight excluding hydrogens is 263 g/mol. The van der Waals surface area contributed by atoms with Gasteiger partial charge in [-0.25, -0.2) is 0 Å². The van der Waals surface area contributed by atoms with Gasteiger partial charge in [0.2, 0.25) is 0 Å². The SMILES string of the molecule is C=CCc1c(Cl)cc2[nH]ncc2c1Br. The molecule has 0 saturated carbocycles. The molecule has 0 aliphatic carbocycles. The molecule has 2 nitrogen and oxygen atoms in total. The number of benzene rings is 1. The van der Waals surface area contributed by atoms with Crippen molar-refractivity contribution in [3.8, 4) is 0 Å². The molecule has 0 bridgehead atoms. The van der Waals surface area contributed by atoms with E-state index in [0.29, 0.717) is 0 Å². The number of rotatable bonds is 2. The van der Waals surface area contributed by atoms with Crippen molar-refractivity contribution in [2.24, 2.45) is 0 Å². The quantitative estimate of drug-likeness (QED) is 0.829. The number of fused-ring (bicyclic) bond motifs is 1. The topological polar surface area (TPSA) is 28.7 Å². The van der Waals surface area contributed by atoms with E-state index >= 15 is 0 Å². The van der Waals surface area contributed by atoms with Crippen LogP contribution in [0.2, 0.25) is 5.02 Å². The molecule has 0 spiro atoms. The highest BCUT2D eigenvalue weighted by molar-refractivity contribution is 9.10. The third-order valence-electron chi connectivity index (χ3n) is 2.08. The molecule has 0 fully saturated rings. The van der Waals surface area contributed by atoms with E-state index in [1.165, 1.54) is 0 Å². The van der Waals surface area contributed by atoms with Crippen molar-refractivity contribution >= 4 is 38.4 Å². The fraction of sp³-hybridized carbons (Fsp3) is 0.100. The van der Waals surface area contributed by atoms with Crippen LogP contribution in [0.5, 0.6) is 0 Å². The second kappa shape index (κ2) is 3.75. The summed E-state index contributed by atoms with van der Waals surface area (Å²) in [5, 5.41) is 8.62. The Bertz CT molecular complexity index is 490. The Morgan fingerprint density at radius 1 is 1.64 bits per heavy atom. The summed E-state index contributed by atoms with van der Waals surface area (Å²) in [5.41, 5.74) is 1.99. The van der Waals surface area contributed by atoms with Crippen LogP contribution in [0.15, 0.2) is 29.4 Å². The summed E-state index contributed by atoms with van der Waals surface area (Å²) in [5.74, 6) is 0. The van der Waals surface area contributed by atoms with Crippen LogP contribution in [0, 0.1) is 0 Å². The fourth-order valence-electron chi connectivity index (χ4n) is 1.39. The number of allylic oxidation sites excluding steroid dienone is 1. The fourth-order valence-corrected chi connectivity index (χ4v) is 2.48. The lowest BCUT2D eigenvalue weighted by atomic mass is 10.1. The highest BCUT2D eigenvalue weighted by Gasteiger charge is 2.09. The Morgan fingerprint density at radius 2 is 2.43 bits per heavy atom. The minimum Gasteiger partial charge on any atom is -0.278 e. The lowest BCUT2D eigenvalue weighted by Gasteiger charge is -2.05. The predicted molar refractivity (Wildman–Crippen MR) is 62.7 cm³/mol. The maximum absolute atomic E-state index is 6.12. The van der Waals surface area contributed by atoms with Crippen molar-refractivity contribution in [3.63, 3.8) is 0 Å². The van der Waals surface area contributed by atoms with Gasteiger partial charge in [0, 0.05) is 14.9 Å². The molecule has 1 aromatic heterocycles. The number of aromatic nitrogens is 2. The number of H-pyrrole nitrogens is 1. The van der Waals surface area contributed by atoms with E-state index in [0.717, 1.165) is 32.4 Å². The Kier molecular flexibility index (Phi) is 2.61. The van der Waals surface area contributed by atoms with Gasteiger partial charge < -0.3 is 0 Å². The lowest BCUT2D eigenvalue weighted by molar-refractivity contribution is 1.12. The van der Waals surface area contributed by atoms with Crippen molar-refractivity contribution in [1.29, 1.82) is 0 Å². The first kappa shape index (κ1) is 9.74. The standard InChI is InChI=1S/C10H8BrClN2/c1-2-3-6-8(12)4-9-7(10(6)11)5-13-14-9/h2,4-5H,1,3H2,(H,13,14). The van der Waals surface area contributed by atoms with Gasteiger partial charge in [0.25, 0.3) is 0 Å². The Balaban J connectivity index is 2.75.